The quantitative estimate of drug-likeness (QED) is 0.562. The van der Waals surface area contributed by atoms with Crippen molar-refractivity contribution >= 4 is 35.0 Å². The lowest BCUT2D eigenvalue weighted by Crippen LogP contribution is -2.37. The topological polar surface area (TPSA) is 72.4 Å². The third-order valence-corrected chi connectivity index (χ3v) is 5.03. The van der Waals surface area contributed by atoms with Gasteiger partial charge in [-0.15, -0.1) is 10.2 Å². The summed E-state index contributed by atoms with van der Waals surface area (Å²) < 4.78 is 5.42. The number of thioether (sulfide) groups is 1. The molecule has 1 aromatic heterocycles. The molecule has 0 aliphatic heterocycles. The Labute approximate surface area is 142 Å². The van der Waals surface area contributed by atoms with Crippen molar-refractivity contribution in [2.24, 2.45) is 0 Å². The number of aryl methyl sites for hydroxylation is 1. The first-order valence-electron chi connectivity index (χ1n) is 6.88. The summed E-state index contributed by atoms with van der Waals surface area (Å²) in [6, 6.07) is 7.78. The minimum absolute atomic E-state index is 0.0691. The van der Waals surface area contributed by atoms with Crippen molar-refractivity contribution in [2.75, 3.05) is 19.4 Å². The first-order valence-corrected chi connectivity index (χ1v) is 8.74. The van der Waals surface area contributed by atoms with Crippen LogP contribution >= 0.6 is 23.1 Å². The molecule has 0 atom stereocenters. The average Bonchev–Trinajstić information content (AvgIpc) is 3.07. The molecule has 23 heavy (non-hydrogen) atoms. The molecule has 2 aromatic rings. The van der Waals surface area contributed by atoms with Crippen LogP contribution in [0.4, 0.5) is 0 Å². The molecular weight excluding hydrogens is 334 g/mol. The van der Waals surface area contributed by atoms with E-state index in [-0.39, 0.29) is 18.2 Å². The summed E-state index contributed by atoms with van der Waals surface area (Å²) in [7, 11) is 1.31. The van der Waals surface area contributed by atoms with Gasteiger partial charge in [-0.3, -0.25) is 9.59 Å². The minimum Gasteiger partial charge on any atom is -0.468 e. The number of nitrogens with zero attached hydrogens (tertiary/aromatic N) is 3. The number of rotatable bonds is 7. The lowest BCUT2D eigenvalue weighted by Gasteiger charge is -2.22. The summed E-state index contributed by atoms with van der Waals surface area (Å²) in [5, 5.41) is 7.63. The van der Waals surface area contributed by atoms with E-state index in [0.717, 1.165) is 15.5 Å². The predicted molar refractivity (Wildman–Crippen MR) is 89.2 cm³/mol. The van der Waals surface area contributed by atoms with Crippen LogP contribution in [0.1, 0.15) is 11.1 Å². The van der Waals surface area contributed by atoms with Crippen molar-refractivity contribution in [1.29, 1.82) is 0 Å². The fourth-order valence-corrected chi connectivity index (χ4v) is 3.28. The fraction of sp³-hybridized carbons (Fsp3) is 0.333. The Balaban J connectivity index is 2.05. The van der Waals surface area contributed by atoms with Gasteiger partial charge in [-0.25, -0.2) is 0 Å². The zero-order valence-electron chi connectivity index (χ0n) is 12.9. The van der Waals surface area contributed by atoms with Crippen LogP contribution < -0.4 is 0 Å². The largest absolute Gasteiger partial charge is 0.468 e. The smallest absolute Gasteiger partial charge is 0.325 e. The van der Waals surface area contributed by atoms with Gasteiger partial charge in [0.1, 0.15) is 12.1 Å². The highest BCUT2D eigenvalue weighted by Crippen LogP contribution is 2.20. The van der Waals surface area contributed by atoms with Crippen LogP contribution in [-0.4, -0.2) is 46.4 Å². The highest BCUT2D eigenvalue weighted by Gasteiger charge is 2.19. The van der Waals surface area contributed by atoms with Crippen molar-refractivity contribution in [3.05, 3.63) is 40.9 Å². The zero-order valence-corrected chi connectivity index (χ0v) is 14.5. The van der Waals surface area contributed by atoms with Crippen LogP contribution in [0, 0.1) is 6.92 Å². The Bertz CT molecular complexity index is 662. The highest BCUT2D eigenvalue weighted by molar-refractivity contribution is 8.01. The number of carbonyl (C=O) groups excluding carboxylic acids is 2. The Morgan fingerprint density at radius 3 is 2.78 bits per heavy atom. The highest BCUT2D eigenvalue weighted by atomic mass is 32.2. The number of esters is 1. The first-order chi connectivity index (χ1) is 11.1. The van der Waals surface area contributed by atoms with E-state index in [4.69, 9.17) is 0 Å². The number of benzene rings is 1. The van der Waals surface area contributed by atoms with Gasteiger partial charge < -0.3 is 9.64 Å². The monoisotopic (exact) mass is 351 g/mol. The molecule has 1 heterocycles. The Kier molecular flexibility index (Phi) is 6.54. The third-order valence-electron chi connectivity index (χ3n) is 3.18. The number of amides is 1. The van der Waals surface area contributed by atoms with Gasteiger partial charge in [0.15, 0.2) is 4.34 Å². The molecule has 6 nitrogen and oxygen atoms in total. The van der Waals surface area contributed by atoms with Crippen LogP contribution in [0.5, 0.6) is 0 Å². The molecular formula is C15H17N3O3S2. The molecule has 0 unspecified atom stereocenters. The second-order valence-corrected chi connectivity index (χ2v) is 6.80. The maximum absolute atomic E-state index is 12.5. The molecule has 122 valence electrons. The summed E-state index contributed by atoms with van der Waals surface area (Å²) in [5.41, 5.74) is 3.70. The SMILES string of the molecule is COC(=O)CN(Cc1ccccc1C)C(=O)CSc1nncs1. The van der Waals surface area contributed by atoms with Crippen LogP contribution in [0.15, 0.2) is 34.1 Å². The molecule has 0 spiro atoms. The second-order valence-electron chi connectivity index (χ2n) is 4.75. The number of ether oxygens (including phenoxy) is 1. The summed E-state index contributed by atoms with van der Waals surface area (Å²) >= 11 is 2.69. The number of methoxy groups -OCH3 is 1. The predicted octanol–water partition coefficient (Wildman–Crippen LogP) is 2.14. The summed E-state index contributed by atoms with van der Waals surface area (Å²) in [6.07, 6.45) is 0. The molecule has 0 saturated carbocycles. The van der Waals surface area contributed by atoms with E-state index in [2.05, 4.69) is 14.9 Å². The molecule has 1 aromatic carbocycles. The van der Waals surface area contributed by atoms with Crippen molar-refractivity contribution in [2.45, 2.75) is 17.8 Å². The molecule has 0 aliphatic carbocycles. The van der Waals surface area contributed by atoms with Gasteiger partial charge in [0.05, 0.1) is 12.9 Å². The Hall–Kier alpha value is -1.93. The normalized spacial score (nSPS) is 10.3. The van der Waals surface area contributed by atoms with Crippen LogP contribution in [0.2, 0.25) is 0 Å². The number of aromatic nitrogens is 2. The van der Waals surface area contributed by atoms with Crippen LogP contribution in [-0.2, 0) is 20.9 Å². The lowest BCUT2D eigenvalue weighted by molar-refractivity contribution is -0.146. The van der Waals surface area contributed by atoms with E-state index >= 15 is 0 Å². The van der Waals surface area contributed by atoms with Gasteiger partial charge in [0, 0.05) is 6.54 Å². The zero-order chi connectivity index (χ0) is 16.7. The molecule has 0 radical (unpaired) electrons. The molecule has 2 rings (SSSR count). The fourth-order valence-electron chi connectivity index (χ4n) is 1.89. The van der Waals surface area contributed by atoms with E-state index in [0.29, 0.717) is 6.54 Å². The van der Waals surface area contributed by atoms with Gasteiger partial charge in [0.2, 0.25) is 5.91 Å². The van der Waals surface area contributed by atoms with E-state index < -0.39 is 5.97 Å². The van der Waals surface area contributed by atoms with Gasteiger partial charge in [0.25, 0.3) is 0 Å². The van der Waals surface area contributed by atoms with Gasteiger partial charge >= 0.3 is 5.97 Å². The average molecular weight is 351 g/mol. The van der Waals surface area contributed by atoms with Crippen molar-refractivity contribution in [3.63, 3.8) is 0 Å². The minimum atomic E-state index is -0.437. The second kappa shape index (κ2) is 8.64. The van der Waals surface area contributed by atoms with E-state index in [1.807, 2.05) is 31.2 Å². The Morgan fingerprint density at radius 2 is 2.13 bits per heavy atom. The Morgan fingerprint density at radius 1 is 1.35 bits per heavy atom. The summed E-state index contributed by atoms with van der Waals surface area (Å²) in [4.78, 5) is 25.6. The van der Waals surface area contributed by atoms with Gasteiger partial charge in [-0.2, -0.15) is 0 Å². The van der Waals surface area contributed by atoms with Crippen molar-refractivity contribution in [3.8, 4) is 0 Å². The number of hydrogen-bond acceptors (Lipinski definition) is 7. The van der Waals surface area contributed by atoms with Gasteiger partial charge in [-0.05, 0) is 18.1 Å². The summed E-state index contributed by atoms with van der Waals surface area (Å²) in [5.74, 6) is -0.371. The van der Waals surface area contributed by atoms with Crippen LogP contribution in [0.3, 0.4) is 0 Å². The van der Waals surface area contributed by atoms with E-state index in [1.165, 1.54) is 35.1 Å². The van der Waals surface area contributed by atoms with Crippen molar-refractivity contribution < 1.29 is 14.3 Å². The summed E-state index contributed by atoms with van der Waals surface area (Å²) in [6.45, 7) is 2.28. The maximum atomic E-state index is 12.5. The van der Waals surface area contributed by atoms with Crippen LogP contribution in [0.25, 0.3) is 0 Å². The lowest BCUT2D eigenvalue weighted by atomic mass is 10.1. The molecule has 0 aliphatic rings. The van der Waals surface area contributed by atoms with E-state index in [1.54, 1.807) is 5.51 Å². The molecule has 8 heteroatoms. The number of hydrogen-bond donors (Lipinski definition) is 0. The molecule has 0 fully saturated rings. The third kappa shape index (κ3) is 5.33. The maximum Gasteiger partial charge on any atom is 0.325 e. The number of carbonyl (C=O) groups is 2. The van der Waals surface area contributed by atoms with E-state index in [9.17, 15) is 9.59 Å². The molecule has 0 N–H and O–H groups in total. The van der Waals surface area contributed by atoms with Crippen molar-refractivity contribution in [1.82, 2.24) is 15.1 Å². The molecule has 0 saturated heterocycles. The standard InChI is InChI=1S/C15H17N3O3S2/c1-11-5-3-4-6-12(11)7-18(8-14(20)21-2)13(19)9-22-15-17-16-10-23-15/h3-6,10H,7-9H2,1-2H3. The first kappa shape index (κ1) is 17.4. The van der Waals surface area contributed by atoms with Gasteiger partial charge in [-0.1, -0.05) is 47.4 Å². The molecule has 0 bridgehead atoms. The molecule has 1 amide bonds.